The zero-order valence-electron chi connectivity index (χ0n) is 9.11. The van der Waals surface area contributed by atoms with Gasteiger partial charge in [-0.3, -0.25) is 4.79 Å². The molecule has 4 heteroatoms. The highest BCUT2D eigenvalue weighted by Gasteiger charge is 2.17. The fourth-order valence-electron chi connectivity index (χ4n) is 1.67. The van der Waals surface area contributed by atoms with Crippen LogP contribution in [0.3, 0.4) is 0 Å². The van der Waals surface area contributed by atoms with Gasteiger partial charge < -0.3 is 4.57 Å². The van der Waals surface area contributed by atoms with Gasteiger partial charge >= 0.3 is 4.87 Å². The number of aromatic nitrogens is 1. The summed E-state index contributed by atoms with van der Waals surface area (Å²) in [6, 6.07) is 9.85. The molecule has 84 valence electrons. The Morgan fingerprint density at radius 2 is 1.94 bits per heavy atom. The van der Waals surface area contributed by atoms with E-state index in [4.69, 9.17) is 11.6 Å². The summed E-state index contributed by atoms with van der Waals surface area (Å²) in [6.45, 7) is 1.89. The van der Waals surface area contributed by atoms with Gasteiger partial charge in [0.25, 0.3) is 0 Å². The lowest BCUT2D eigenvalue weighted by Gasteiger charge is -2.07. The molecule has 16 heavy (non-hydrogen) atoms. The fraction of sp³-hybridized carbons (Fsp3) is 0.250. The van der Waals surface area contributed by atoms with Gasteiger partial charge in [0.05, 0.1) is 15.9 Å². The summed E-state index contributed by atoms with van der Waals surface area (Å²) in [5.41, 5.74) is 1.96. The first-order valence-corrected chi connectivity index (χ1v) is 6.25. The van der Waals surface area contributed by atoms with Gasteiger partial charge in [0.2, 0.25) is 0 Å². The maximum absolute atomic E-state index is 11.7. The molecule has 0 aliphatic heterocycles. The molecule has 1 aromatic carbocycles. The van der Waals surface area contributed by atoms with Crippen LogP contribution in [0.2, 0.25) is 0 Å². The van der Waals surface area contributed by atoms with E-state index in [9.17, 15) is 4.79 Å². The maximum Gasteiger partial charge on any atom is 0.307 e. The first-order chi connectivity index (χ1) is 7.61. The van der Waals surface area contributed by atoms with Gasteiger partial charge in [-0.05, 0) is 12.5 Å². The average molecular weight is 254 g/mol. The first kappa shape index (κ1) is 11.4. The molecule has 2 aromatic rings. The molecule has 1 heterocycles. The van der Waals surface area contributed by atoms with Crippen molar-refractivity contribution in [3.8, 4) is 11.3 Å². The summed E-state index contributed by atoms with van der Waals surface area (Å²) >= 11 is 7.32. The smallest absolute Gasteiger partial charge is 0.301 e. The summed E-state index contributed by atoms with van der Waals surface area (Å²) in [7, 11) is 1.78. The van der Waals surface area contributed by atoms with Gasteiger partial charge in [0.1, 0.15) is 0 Å². The molecular weight excluding hydrogens is 242 g/mol. The van der Waals surface area contributed by atoms with E-state index < -0.39 is 0 Å². The molecule has 1 unspecified atom stereocenters. The molecule has 0 N–H and O–H groups in total. The van der Waals surface area contributed by atoms with Crippen molar-refractivity contribution < 1.29 is 0 Å². The predicted octanol–water partition coefficient (Wildman–Crippen LogP) is 3.41. The molecule has 2 rings (SSSR count). The lowest BCUT2D eigenvalue weighted by Crippen LogP contribution is -2.08. The third kappa shape index (κ3) is 1.93. The largest absolute Gasteiger partial charge is 0.307 e. The molecule has 1 atom stereocenters. The Kier molecular flexibility index (Phi) is 3.17. The summed E-state index contributed by atoms with van der Waals surface area (Å²) in [5, 5.41) is -0.144. The van der Waals surface area contributed by atoms with Crippen molar-refractivity contribution in [3.05, 3.63) is 44.9 Å². The van der Waals surface area contributed by atoms with Crippen molar-refractivity contribution in [2.45, 2.75) is 12.3 Å². The van der Waals surface area contributed by atoms with E-state index in [-0.39, 0.29) is 10.3 Å². The van der Waals surface area contributed by atoms with Crippen LogP contribution in [0.25, 0.3) is 11.3 Å². The van der Waals surface area contributed by atoms with Crippen molar-refractivity contribution in [3.63, 3.8) is 0 Å². The molecule has 0 saturated carbocycles. The Bertz CT molecular complexity index is 542. The van der Waals surface area contributed by atoms with E-state index in [1.54, 1.807) is 11.6 Å². The molecule has 0 aliphatic rings. The van der Waals surface area contributed by atoms with Gasteiger partial charge in [-0.25, -0.2) is 0 Å². The normalized spacial score (nSPS) is 12.7. The highest BCUT2D eigenvalue weighted by molar-refractivity contribution is 7.10. The maximum atomic E-state index is 11.7. The van der Waals surface area contributed by atoms with Crippen molar-refractivity contribution in [1.29, 1.82) is 0 Å². The SMILES string of the molecule is CC(Cl)c1sc(=O)n(C)c1-c1ccccc1. The van der Waals surface area contributed by atoms with Crippen LogP contribution in [0.5, 0.6) is 0 Å². The third-order valence-electron chi connectivity index (χ3n) is 2.45. The zero-order chi connectivity index (χ0) is 11.7. The Morgan fingerprint density at radius 1 is 1.31 bits per heavy atom. The van der Waals surface area contributed by atoms with Crippen molar-refractivity contribution in [2.75, 3.05) is 0 Å². The monoisotopic (exact) mass is 253 g/mol. The van der Waals surface area contributed by atoms with Crippen molar-refractivity contribution in [1.82, 2.24) is 4.57 Å². The van der Waals surface area contributed by atoms with Gasteiger partial charge in [0, 0.05) is 7.05 Å². The van der Waals surface area contributed by atoms with Crippen LogP contribution in [0, 0.1) is 0 Å². The number of alkyl halides is 1. The average Bonchev–Trinajstić information content (AvgIpc) is 2.57. The molecule has 0 amide bonds. The predicted molar refractivity (Wildman–Crippen MR) is 69.3 cm³/mol. The van der Waals surface area contributed by atoms with E-state index in [1.165, 1.54) is 11.3 Å². The van der Waals surface area contributed by atoms with Gasteiger partial charge in [-0.2, -0.15) is 0 Å². The number of benzene rings is 1. The van der Waals surface area contributed by atoms with Crippen LogP contribution in [0.15, 0.2) is 35.1 Å². The standard InChI is InChI=1S/C12H12ClNOS/c1-8(13)11-10(14(2)12(15)16-11)9-6-4-3-5-7-9/h3-8H,1-2H3. The van der Waals surface area contributed by atoms with Crippen LogP contribution >= 0.6 is 22.9 Å². The summed E-state index contributed by atoms with van der Waals surface area (Å²) < 4.78 is 1.66. The van der Waals surface area contributed by atoms with E-state index >= 15 is 0 Å². The second kappa shape index (κ2) is 4.44. The van der Waals surface area contributed by atoms with Crippen molar-refractivity contribution >= 4 is 22.9 Å². The number of halogens is 1. The highest BCUT2D eigenvalue weighted by Crippen LogP contribution is 2.32. The number of thiazole rings is 1. The number of rotatable bonds is 2. The van der Waals surface area contributed by atoms with Crippen LogP contribution in [-0.4, -0.2) is 4.57 Å². The molecular formula is C12H12ClNOS. The molecule has 0 aliphatic carbocycles. The van der Waals surface area contributed by atoms with E-state index in [0.29, 0.717) is 0 Å². The van der Waals surface area contributed by atoms with E-state index in [0.717, 1.165) is 16.1 Å². The first-order valence-electron chi connectivity index (χ1n) is 5.00. The minimum absolute atomic E-state index is 0.0290. The van der Waals surface area contributed by atoms with Crippen molar-refractivity contribution in [2.24, 2.45) is 7.05 Å². The molecule has 0 radical (unpaired) electrons. The molecule has 0 spiro atoms. The second-order valence-corrected chi connectivity index (χ2v) is 5.27. The van der Waals surface area contributed by atoms with E-state index in [1.807, 2.05) is 37.3 Å². The topological polar surface area (TPSA) is 22.0 Å². The Balaban J connectivity index is 2.69. The summed E-state index contributed by atoms with van der Waals surface area (Å²) in [6.07, 6.45) is 0. The van der Waals surface area contributed by atoms with Crippen LogP contribution in [0.4, 0.5) is 0 Å². The van der Waals surface area contributed by atoms with Gasteiger partial charge in [-0.15, -0.1) is 11.6 Å². The van der Waals surface area contributed by atoms with Gasteiger partial charge in [-0.1, -0.05) is 41.7 Å². The van der Waals surface area contributed by atoms with Crippen LogP contribution in [0.1, 0.15) is 17.2 Å². The molecule has 1 aromatic heterocycles. The number of hydrogen-bond donors (Lipinski definition) is 0. The molecule has 0 bridgehead atoms. The lowest BCUT2D eigenvalue weighted by molar-refractivity contribution is 0.896. The minimum atomic E-state index is -0.144. The zero-order valence-corrected chi connectivity index (χ0v) is 10.7. The fourth-order valence-corrected chi connectivity index (χ4v) is 2.84. The van der Waals surface area contributed by atoms with Crippen LogP contribution < -0.4 is 4.87 Å². The minimum Gasteiger partial charge on any atom is -0.301 e. The Labute approximate surface area is 103 Å². The molecule has 0 fully saturated rings. The highest BCUT2D eigenvalue weighted by atomic mass is 35.5. The summed E-state index contributed by atoms with van der Waals surface area (Å²) in [5.74, 6) is 0. The second-order valence-electron chi connectivity index (χ2n) is 3.62. The summed E-state index contributed by atoms with van der Waals surface area (Å²) in [4.78, 5) is 12.6. The van der Waals surface area contributed by atoms with Crippen LogP contribution in [-0.2, 0) is 7.05 Å². The molecule has 0 saturated heterocycles. The lowest BCUT2D eigenvalue weighted by atomic mass is 10.1. The third-order valence-corrected chi connectivity index (χ3v) is 4.01. The van der Waals surface area contributed by atoms with Gasteiger partial charge in [0.15, 0.2) is 0 Å². The quantitative estimate of drug-likeness (QED) is 0.752. The number of hydrogen-bond acceptors (Lipinski definition) is 2. The molecule has 2 nitrogen and oxygen atoms in total. The Morgan fingerprint density at radius 3 is 2.50 bits per heavy atom. The van der Waals surface area contributed by atoms with E-state index in [2.05, 4.69) is 0 Å². The Hall–Kier alpha value is -1.06. The number of nitrogens with zero attached hydrogens (tertiary/aromatic N) is 1.